The lowest BCUT2D eigenvalue weighted by Crippen LogP contribution is -2.24. The number of hydrogen-bond donors (Lipinski definition) is 1. The molecule has 1 rings (SSSR count). The van der Waals surface area contributed by atoms with E-state index in [1.807, 2.05) is 0 Å². The summed E-state index contributed by atoms with van der Waals surface area (Å²) in [5.41, 5.74) is -0.868. The second kappa shape index (κ2) is 5.18. The average molecular weight is 354 g/mol. The van der Waals surface area contributed by atoms with Crippen molar-refractivity contribution >= 4 is 31.9 Å². The second-order valence-electron chi connectivity index (χ2n) is 4.81. The minimum absolute atomic E-state index is 0.0895. The lowest BCUT2D eigenvalue weighted by Gasteiger charge is -2.20. The Bertz CT molecular complexity index is 622. The molecule has 0 spiro atoms. The number of hydrogen-bond acceptors (Lipinski definition) is 4. The highest BCUT2D eigenvalue weighted by Gasteiger charge is 2.24. The summed E-state index contributed by atoms with van der Waals surface area (Å²) in [5, 5.41) is 4.87. The highest BCUT2D eigenvalue weighted by molar-refractivity contribution is 9.10. The monoisotopic (exact) mass is 353 g/mol. The minimum Gasteiger partial charge on any atom is -0.456 e. The Labute approximate surface area is 119 Å². The standard InChI is InChI=1S/C11H13BrFNO4S/c1-11(2,3)18-10(15)6-4-9(19(14,16)17)8(13)5-7(6)12/h4-5H,1-3H3,(H2,14,16,17). The third kappa shape index (κ3) is 4.26. The van der Waals surface area contributed by atoms with Gasteiger partial charge in [0.15, 0.2) is 0 Å². The van der Waals surface area contributed by atoms with Crippen molar-refractivity contribution in [1.82, 2.24) is 0 Å². The van der Waals surface area contributed by atoms with E-state index in [1.165, 1.54) is 0 Å². The van der Waals surface area contributed by atoms with Crippen LogP contribution in [0.25, 0.3) is 0 Å². The lowest BCUT2D eigenvalue weighted by molar-refractivity contribution is 0.00681. The first kappa shape index (κ1) is 16.1. The molecule has 0 atom stereocenters. The maximum Gasteiger partial charge on any atom is 0.339 e. The van der Waals surface area contributed by atoms with E-state index in [-0.39, 0.29) is 10.0 Å². The molecule has 0 aliphatic carbocycles. The number of nitrogens with two attached hydrogens (primary N) is 1. The summed E-state index contributed by atoms with van der Waals surface area (Å²) in [6.45, 7) is 4.97. The summed E-state index contributed by atoms with van der Waals surface area (Å²) in [6.07, 6.45) is 0. The van der Waals surface area contributed by atoms with Gasteiger partial charge in [-0.25, -0.2) is 22.7 Å². The number of esters is 1. The van der Waals surface area contributed by atoms with Crippen molar-refractivity contribution in [2.24, 2.45) is 5.14 Å². The van der Waals surface area contributed by atoms with Crippen molar-refractivity contribution in [2.75, 3.05) is 0 Å². The molecule has 106 valence electrons. The Balaban J connectivity index is 3.34. The van der Waals surface area contributed by atoms with Gasteiger partial charge in [-0.3, -0.25) is 0 Å². The fourth-order valence-electron chi connectivity index (χ4n) is 1.24. The van der Waals surface area contributed by atoms with Gasteiger partial charge in [-0.15, -0.1) is 0 Å². The van der Waals surface area contributed by atoms with Crippen LogP contribution >= 0.6 is 15.9 Å². The third-order valence-corrected chi connectivity index (χ3v) is 3.53. The van der Waals surface area contributed by atoms with Crippen LogP contribution in [0, 0.1) is 5.82 Å². The van der Waals surface area contributed by atoms with Crippen LogP contribution in [-0.2, 0) is 14.8 Å². The first-order valence-corrected chi connectivity index (χ1v) is 7.51. The molecule has 0 radical (unpaired) electrons. The topological polar surface area (TPSA) is 86.5 Å². The largest absolute Gasteiger partial charge is 0.456 e. The van der Waals surface area contributed by atoms with Crippen LogP contribution in [-0.4, -0.2) is 20.0 Å². The van der Waals surface area contributed by atoms with E-state index >= 15 is 0 Å². The molecule has 8 heteroatoms. The summed E-state index contributed by atoms with van der Waals surface area (Å²) in [4.78, 5) is 11.1. The van der Waals surface area contributed by atoms with Crippen LogP contribution in [0.5, 0.6) is 0 Å². The Morgan fingerprint density at radius 2 is 1.89 bits per heavy atom. The Hall–Kier alpha value is -0.990. The van der Waals surface area contributed by atoms with Gasteiger partial charge < -0.3 is 4.74 Å². The summed E-state index contributed by atoms with van der Waals surface area (Å²) >= 11 is 2.98. The first-order valence-electron chi connectivity index (χ1n) is 5.17. The Kier molecular flexibility index (Phi) is 4.38. The Morgan fingerprint density at radius 3 is 2.32 bits per heavy atom. The van der Waals surface area contributed by atoms with Crippen LogP contribution in [0.2, 0.25) is 0 Å². The molecule has 0 aliphatic rings. The fraction of sp³-hybridized carbons (Fsp3) is 0.364. The zero-order valence-electron chi connectivity index (χ0n) is 10.5. The molecule has 0 unspecified atom stereocenters. The Morgan fingerprint density at radius 1 is 1.37 bits per heavy atom. The van der Waals surface area contributed by atoms with Gasteiger partial charge in [0.2, 0.25) is 10.0 Å². The van der Waals surface area contributed by atoms with Gasteiger partial charge in [0.25, 0.3) is 0 Å². The van der Waals surface area contributed by atoms with Gasteiger partial charge >= 0.3 is 5.97 Å². The smallest absolute Gasteiger partial charge is 0.339 e. The van der Waals surface area contributed by atoms with Gasteiger partial charge in [-0.1, -0.05) is 0 Å². The van der Waals surface area contributed by atoms with Crippen molar-refractivity contribution < 1.29 is 22.3 Å². The zero-order valence-corrected chi connectivity index (χ0v) is 12.9. The summed E-state index contributed by atoms with van der Waals surface area (Å²) in [7, 11) is -4.25. The summed E-state index contributed by atoms with van der Waals surface area (Å²) in [6, 6.07) is 1.71. The summed E-state index contributed by atoms with van der Waals surface area (Å²) < 4.78 is 41.1. The molecule has 0 heterocycles. The molecule has 0 bridgehead atoms. The number of ether oxygens (including phenoxy) is 1. The molecule has 2 N–H and O–H groups in total. The fourth-order valence-corrected chi connectivity index (χ4v) is 2.33. The van der Waals surface area contributed by atoms with Crippen molar-refractivity contribution in [3.05, 3.63) is 28.0 Å². The number of primary sulfonamides is 1. The number of rotatable bonds is 2. The van der Waals surface area contributed by atoms with Crippen LogP contribution in [0.1, 0.15) is 31.1 Å². The van der Waals surface area contributed by atoms with E-state index in [0.29, 0.717) is 0 Å². The van der Waals surface area contributed by atoms with E-state index in [0.717, 1.165) is 12.1 Å². The van der Waals surface area contributed by atoms with Crippen molar-refractivity contribution in [3.8, 4) is 0 Å². The summed E-state index contributed by atoms with van der Waals surface area (Å²) in [5.74, 6) is -1.81. The zero-order chi connectivity index (χ0) is 15.0. The molecule has 1 aromatic rings. The maximum absolute atomic E-state index is 13.5. The third-order valence-electron chi connectivity index (χ3n) is 1.95. The molecular weight excluding hydrogens is 341 g/mol. The SMILES string of the molecule is CC(C)(C)OC(=O)c1cc(S(N)(=O)=O)c(F)cc1Br. The maximum atomic E-state index is 13.5. The van der Waals surface area contributed by atoms with Gasteiger partial charge in [0.05, 0.1) is 5.56 Å². The number of halogens is 2. The lowest BCUT2D eigenvalue weighted by atomic mass is 10.1. The molecule has 0 saturated heterocycles. The van der Waals surface area contributed by atoms with Gasteiger partial charge in [0, 0.05) is 4.47 Å². The van der Waals surface area contributed by atoms with Gasteiger partial charge in [0.1, 0.15) is 16.3 Å². The predicted octanol–water partition coefficient (Wildman–Crippen LogP) is 2.19. The van der Waals surface area contributed by atoms with E-state index in [4.69, 9.17) is 9.88 Å². The molecule has 0 aromatic heterocycles. The number of carbonyl (C=O) groups excluding carboxylic acids is 1. The first-order chi connectivity index (χ1) is 8.42. The molecule has 0 amide bonds. The second-order valence-corrected chi connectivity index (χ2v) is 7.19. The average Bonchev–Trinajstić information content (AvgIpc) is 2.11. The highest BCUT2D eigenvalue weighted by Crippen LogP contribution is 2.25. The van der Waals surface area contributed by atoms with Crippen molar-refractivity contribution in [2.45, 2.75) is 31.3 Å². The van der Waals surface area contributed by atoms with E-state index < -0.39 is 32.3 Å². The quantitative estimate of drug-likeness (QED) is 0.825. The number of benzene rings is 1. The molecular formula is C11H13BrFNO4S. The molecule has 1 aromatic carbocycles. The van der Waals surface area contributed by atoms with E-state index in [9.17, 15) is 17.6 Å². The van der Waals surface area contributed by atoms with Gasteiger partial charge in [-0.2, -0.15) is 0 Å². The molecule has 0 aliphatic heterocycles. The van der Waals surface area contributed by atoms with Crippen LogP contribution in [0.15, 0.2) is 21.5 Å². The number of sulfonamides is 1. The van der Waals surface area contributed by atoms with Crippen molar-refractivity contribution in [1.29, 1.82) is 0 Å². The van der Waals surface area contributed by atoms with Crippen LogP contribution < -0.4 is 5.14 Å². The normalized spacial score (nSPS) is 12.3. The molecule has 19 heavy (non-hydrogen) atoms. The predicted molar refractivity (Wildman–Crippen MR) is 70.6 cm³/mol. The molecule has 5 nitrogen and oxygen atoms in total. The van der Waals surface area contributed by atoms with E-state index in [2.05, 4.69) is 15.9 Å². The number of carbonyl (C=O) groups is 1. The van der Waals surface area contributed by atoms with Crippen molar-refractivity contribution in [3.63, 3.8) is 0 Å². The van der Waals surface area contributed by atoms with Gasteiger partial charge in [-0.05, 0) is 48.8 Å². The van der Waals surface area contributed by atoms with E-state index in [1.54, 1.807) is 20.8 Å². The molecule has 0 fully saturated rings. The molecule has 0 saturated carbocycles. The minimum atomic E-state index is -4.25. The van der Waals surface area contributed by atoms with Crippen LogP contribution in [0.3, 0.4) is 0 Å². The van der Waals surface area contributed by atoms with Crippen LogP contribution in [0.4, 0.5) is 4.39 Å². The highest BCUT2D eigenvalue weighted by atomic mass is 79.9.